The van der Waals surface area contributed by atoms with Crippen LogP contribution in [0.2, 0.25) is 0 Å². The van der Waals surface area contributed by atoms with Gasteiger partial charge in [0.05, 0.1) is 12.7 Å². The average Bonchev–Trinajstić information content (AvgIpc) is 2.14. The van der Waals surface area contributed by atoms with Gasteiger partial charge in [0.2, 0.25) is 0 Å². The number of rotatable bonds is 3. The van der Waals surface area contributed by atoms with Gasteiger partial charge in [0.15, 0.2) is 17.3 Å². The molecule has 0 spiro atoms. The first kappa shape index (κ1) is 10.1. The highest BCUT2D eigenvalue weighted by molar-refractivity contribution is 6.00. The molecule has 0 aromatic heterocycles. The van der Waals surface area contributed by atoms with Crippen molar-refractivity contribution in [3.8, 4) is 5.75 Å². The van der Waals surface area contributed by atoms with Crippen LogP contribution in [0.3, 0.4) is 0 Å². The Bertz CT molecular complexity index is 383. The summed E-state index contributed by atoms with van der Waals surface area (Å²) in [5.41, 5.74) is 0.377. The van der Waals surface area contributed by atoms with Gasteiger partial charge in [-0.1, -0.05) is 12.5 Å². The van der Waals surface area contributed by atoms with Crippen LogP contribution in [0, 0.1) is 11.7 Å². The standard InChI is InChI=1S/C12H13FO2/c1-15-12-9(6-3-7-10(12)13)11(14)8-4-2-5-8/h3,6-8H,2,4-5H2,1H3. The second-order valence-electron chi connectivity index (χ2n) is 3.81. The molecule has 2 nitrogen and oxygen atoms in total. The first-order valence-corrected chi connectivity index (χ1v) is 5.10. The van der Waals surface area contributed by atoms with Crippen molar-refractivity contribution >= 4 is 5.78 Å². The van der Waals surface area contributed by atoms with E-state index in [1.54, 1.807) is 12.1 Å². The van der Waals surface area contributed by atoms with Crippen LogP contribution in [-0.4, -0.2) is 12.9 Å². The monoisotopic (exact) mass is 208 g/mol. The lowest BCUT2D eigenvalue weighted by Gasteiger charge is -2.24. The van der Waals surface area contributed by atoms with Gasteiger partial charge in [-0.15, -0.1) is 0 Å². The van der Waals surface area contributed by atoms with Gasteiger partial charge in [0.1, 0.15) is 0 Å². The van der Waals surface area contributed by atoms with Gasteiger partial charge in [-0.25, -0.2) is 4.39 Å². The van der Waals surface area contributed by atoms with E-state index in [9.17, 15) is 9.18 Å². The van der Waals surface area contributed by atoms with Crippen LogP contribution in [0.4, 0.5) is 4.39 Å². The largest absolute Gasteiger partial charge is 0.493 e. The topological polar surface area (TPSA) is 26.3 Å². The molecule has 0 bridgehead atoms. The molecule has 80 valence electrons. The summed E-state index contributed by atoms with van der Waals surface area (Å²) in [6.45, 7) is 0. The van der Waals surface area contributed by atoms with Crippen LogP contribution in [0.1, 0.15) is 29.6 Å². The summed E-state index contributed by atoms with van der Waals surface area (Å²) >= 11 is 0. The number of Topliss-reactive ketones (excluding diaryl/α,β-unsaturated/α-hetero) is 1. The first-order chi connectivity index (χ1) is 7.24. The second-order valence-corrected chi connectivity index (χ2v) is 3.81. The third kappa shape index (κ3) is 1.74. The Morgan fingerprint density at radius 2 is 2.20 bits per heavy atom. The van der Waals surface area contributed by atoms with Crippen LogP contribution >= 0.6 is 0 Å². The summed E-state index contributed by atoms with van der Waals surface area (Å²) in [5, 5.41) is 0. The fraction of sp³-hybridized carbons (Fsp3) is 0.417. The van der Waals surface area contributed by atoms with E-state index in [2.05, 4.69) is 0 Å². The fourth-order valence-corrected chi connectivity index (χ4v) is 1.80. The van der Waals surface area contributed by atoms with Gasteiger partial charge in [0.25, 0.3) is 0 Å². The van der Waals surface area contributed by atoms with Crippen molar-refractivity contribution in [3.63, 3.8) is 0 Å². The van der Waals surface area contributed by atoms with E-state index in [-0.39, 0.29) is 17.5 Å². The van der Waals surface area contributed by atoms with Gasteiger partial charge in [-0.05, 0) is 25.0 Å². The summed E-state index contributed by atoms with van der Waals surface area (Å²) in [4.78, 5) is 11.9. The Morgan fingerprint density at radius 3 is 2.73 bits per heavy atom. The smallest absolute Gasteiger partial charge is 0.169 e. The van der Waals surface area contributed by atoms with Crippen LogP contribution in [0.5, 0.6) is 5.75 Å². The second kappa shape index (κ2) is 4.01. The van der Waals surface area contributed by atoms with E-state index in [1.807, 2.05) is 0 Å². The molecular formula is C12H13FO2. The molecule has 0 amide bonds. The molecule has 2 rings (SSSR count). The predicted molar refractivity (Wildman–Crippen MR) is 54.6 cm³/mol. The molecular weight excluding hydrogens is 195 g/mol. The lowest BCUT2D eigenvalue weighted by molar-refractivity contribution is 0.0851. The Hall–Kier alpha value is -1.38. The Labute approximate surface area is 88.1 Å². The summed E-state index contributed by atoms with van der Waals surface area (Å²) in [6, 6.07) is 4.47. The highest BCUT2D eigenvalue weighted by Crippen LogP contribution is 2.33. The summed E-state index contributed by atoms with van der Waals surface area (Å²) in [5.74, 6) is -0.310. The summed E-state index contributed by atoms with van der Waals surface area (Å²) in [6.07, 6.45) is 2.92. The van der Waals surface area contributed by atoms with Crippen molar-refractivity contribution in [2.75, 3.05) is 7.11 Å². The van der Waals surface area contributed by atoms with Crippen LogP contribution < -0.4 is 4.74 Å². The number of hydrogen-bond donors (Lipinski definition) is 0. The molecule has 1 fully saturated rings. The van der Waals surface area contributed by atoms with Gasteiger partial charge >= 0.3 is 0 Å². The molecule has 0 atom stereocenters. The SMILES string of the molecule is COc1c(F)cccc1C(=O)C1CCC1. The molecule has 1 saturated carbocycles. The number of benzene rings is 1. The number of carbonyl (C=O) groups excluding carboxylic acids is 1. The van der Waals surface area contributed by atoms with E-state index in [1.165, 1.54) is 13.2 Å². The molecule has 0 N–H and O–H groups in total. The Morgan fingerprint density at radius 1 is 1.47 bits per heavy atom. The van der Waals surface area contributed by atoms with Gasteiger partial charge in [-0.2, -0.15) is 0 Å². The quantitative estimate of drug-likeness (QED) is 0.714. The third-order valence-corrected chi connectivity index (χ3v) is 2.91. The molecule has 0 unspecified atom stereocenters. The zero-order chi connectivity index (χ0) is 10.8. The molecule has 1 aromatic carbocycles. The molecule has 0 heterocycles. The van der Waals surface area contributed by atoms with E-state index in [4.69, 9.17) is 4.74 Å². The van der Waals surface area contributed by atoms with Crippen molar-refractivity contribution in [2.45, 2.75) is 19.3 Å². The molecule has 0 saturated heterocycles. The fourth-order valence-electron chi connectivity index (χ4n) is 1.80. The lowest BCUT2D eigenvalue weighted by atomic mass is 9.80. The van der Waals surface area contributed by atoms with Gasteiger partial charge in [0, 0.05) is 5.92 Å². The molecule has 0 aliphatic heterocycles. The van der Waals surface area contributed by atoms with Gasteiger partial charge < -0.3 is 4.74 Å². The minimum absolute atomic E-state index is 0.0117. The molecule has 0 radical (unpaired) electrons. The van der Waals surface area contributed by atoms with E-state index < -0.39 is 5.82 Å². The Balaban J connectivity index is 2.33. The number of para-hydroxylation sites is 1. The lowest BCUT2D eigenvalue weighted by Crippen LogP contribution is -2.22. The van der Waals surface area contributed by atoms with Crippen LogP contribution in [0.25, 0.3) is 0 Å². The predicted octanol–water partition coefficient (Wildman–Crippen LogP) is 2.82. The maximum atomic E-state index is 13.3. The van der Waals surface area contributed by atoms with Crippen molar-refractivity contribution in [3.05, 3.63) is 29.6 Å². The number of ether oxygens (including phenoxy) is 1. The maximum absolute atomic E-state index is 13.3. The first-order valence-electron chi connectivity index (χ1n) is 5.10. The minimum atomic E-state index is -0.470. The van der Waals surface area contributed by atoms with E-state index >= 15 is 0 Å². The summed E-state index contributed by atoms with van der Waals surface area (Å²) < 4.78 is 18.2. The number of methoxy groups -OCH3 is 1. The number of carbonyl (C=O) groups is 1. The Kier molecular flexibility index (Phi) is 2.71. The van der Waals surface area contributed by atoms with Crippen LogP contribution in [-0.2, 0) is 0 Å². The molecule has 15 heavy (non-hydrogen) atoms. The highest BCUT2D eigenvalue weighted by Gasteiger charge is 2.28. The normalized spacial score (nSPS) is 15.9. The van der Waals surface area contributed by atoms with E-state index in [0.29, 0.717) is 5.56 Å². The molecule has 1 aliphatic carbocycles. The zero-order valence-corrected chi connectivity index (χ0v) is 8.63. The molecule has 3 heteroatoms. The minimum Gasteiger partial charge on any atom is -0.493 e. The van der Waals surface area contributed by atoms with Crippen LogP contribution in [0.15, 0.2) is 18.2 Å². The number of hydrogen-bond acceptors (Lipinski definition) is 2. The van der Waals surface area contributed by atoms with Crippen molar-refractivity contribution in [2.24, 2.45) is 5.92 Å². The zero-order valence-electron chi connectivity index (χ0n) is 8.63. The van der Waals surface area contributed by atoms with Crippen molar-refractivity contribution in [1.29, 1.82) is 0 Å². The number of ketones is 1. The third-order valence-electron chi connectivity index (χ3n) is 2.91. The molecule has 1 aliphatic rings. The maximum Gasteiger partial charge on any atom is 0.169 e. The van der Waals surface area contributed by atoms with Crippen molar-refractivity contribution in [1.82, 2.24) is 0 Å². The molecule has 1 aromatic rings. The van der Waals surface area contributed by atoms with Gasteiger partial charge in [-0.3, -0.25) is 4.79 Å². The van der Waals surface area contributed by atoms with Crippen molar-refractivity contribution < 1.29 is 13.9 Å². The highest BCUT2D eigenvalue weighted by atomic mass is 19.1. The number of halogens is 1. The van der Waals surface area contributed by atoms with E-state index in [0.717, 1.165) is 19.3 Å². The average molecular weight is 208 g/mol. The summed E-state index contributed by atoms with van der Waals surface area (Å²) in [7, 11) is 1.38.